The van der Waals surface area contributed by atoms with E-state index >= 15 is 0 Å². The smallest absolute Gasteiger partial charge is 0.315 e. The van der Waals surface area contributed by atoms with E-state index in [0.717, 1.165) is 0 Å². The summed E-state index contributed by atoms with van der Waals surface area (Å²) in [6, 6.07) is 0. The van der Waals surface area contributed by atoms with E-state index < -0.39 is 18.2 Å². The Balaban J connectivity index is 3.65. The molecule has 0 fully saturated rings. The van der Waals surface area contributed by atoms with E-state index in [4.69, 9.17) is 0 Å². The summed E-state index contributed by atoms with van der Waals surface area (Å²) in [7, 11) is 2.97. The second-order valence-corrected chi connectivity index (χ2v) is 2.43. The molecule has 72 valence electrons. The summed E-state index contributed by atoms with van der Waals surface area (Å²) in [6.07, 6.45) is -0.636. The Kier molecular flexibility index (Phi) is 5.54. The molecule has 5 nitrogen and oxygen atoms in total. The Labute approximate surface area is 76.0 Å². The molecular formula is C8H11O5+. The van der Waals surface area contributed by atoms with Crippen molar-refractivity contribution >= 4 is 17.5 Å². The Morgan fingerprint density at radius 2 is 1.85 bits per heavy atom. The average Bonchev–Trinajstić information content (AvgIpc) is 1.98. The Hall–Kier alpha value is -1.36. The van der Waals surface area contributed by atoms with E-state index in [0.29, 0.717) is 0 Å². The number of hydrogen-bond acceptors (Lipinski definition) is 5. The van der Waals surface area contributed by atoms with Gasteiger partial charge in [0.1, 0.15) is 12.2 Å². The predicted molar refractivity (Wildman–Crippen MR) is 42.3 cm³/mol. The number of ketones is 2. The maximum absolute atomic E-state index is 10.8. The average molecular weight is 187 g/mol. The summed E-state index contributed by atoms with van der Waals surface area (Å²) in [4.78, 5) is 32.0. The minimum Gasteiger partial charge on any atom is -0.433 e. The lowest BCUT2D eigenvalue weighted by atomic mass is 10.2. The quantitative estimate of drug-likeness (QED) is 0.258. The fourth-order valence-corrected chi connectivity index (χ4v) is 0.660. The van der Waals surface area contributed by atoms with Crippen LogP contribution in [-0.4, -0.2) is 24.3 Å². The van der Waals surface area contributed by atoms with Crippen LogP contribution in [-0.2, 0) is 23.9 Å². The molecule has 0 atom stereocenters. The molecule has 0 saturated carbocycles. The first-order chi connectivity index (χ1) is 6.06. The maximum Gasteiger partial charge on any atom is 0.315 e. The zero-order valence-electron chi connectivity index (χ0n) is 7.37. The number of hydrogen-bond donors (Lipinski definition) is 0. The molecular weight excluding hydrogens is 176 g/mol. The van der Waals surface area contributed by atoms with Gasteiger partial charge in [0.15, 0.2) is 5.78 Å². The zero-order valence-corrected chi connectivity index (χ0v) is 7.37. The van der Waals surface area contributed by atoms with Gasteiger partial charge in [0.05, 0.1) is 6.42 Å². The monoisotopic (exact) mass is 187 g/mol. The summed E-state index contributed by atoms with van der Waals surface area (Å²) in [6.45, 7) is 0.995. The normalized spacial score (nSPS) is 9.31. The Bertz CT molecular complexity index is 209. The van der Waals surface area contributed by atoms with Gasteiger partial charge in [-0.3, -0.25) is 14.4 Å². The molecule has 5 heteroatoms. The highest BCUT2D eigenvalue weighted by Crippen LogP contribution is 1.94. The van der Waals surface area contributed by atoms with Gasteiger partial charge in [-0.2, -0.15) is 4.74 Å². The molecule has 0 aromatic heterocycles. The van der Waals surface area contributed by atoms with Gasteiger partial charge in [-0.25, -0.2) is 0 Å². The second kappa shape index (κ2) is 6.19. The molecule has 0 saturated heterocycles. The van der Waals surface area contributed by atoms with Gasteiger partial charge in [0.25, 0.3) is 0 Å². The number of ether oxygens (including phenoxy) is 2. The summed E-state index contributed by atoms with van der Waals surface area (Å²) in [5.41, 5.74) is 0. The standard InChI is InChI=1S/C8H11O5/c1-6(9)3-7(10)4-8(11)13-5-12-2/h2-5H2,1H3/q+1. The van der Waals surface area contributed by atoms with Crippen molar-refractivity contribution < 1.29 is 23.9 Å². The van der Waals surface area contributed by atoms with Gasteiger partial charge in [0, 0.05) is 0 Å². The molecule has 0 aromatic carbocycles. The van der Waals surface area contributed by atoms with Crippen LogP contribution in [0, 0.1) is 7.11 Å². The molecule has 0 N–H and O–H groups in total. The Morgan fingerprint density at radius 1 is 1.23 bits per heavy atom. The van der Waals surface area contributed by atoms with Crippen LogP contribution >= 0.6 is 0 Å². The van der Waals surface area contributed by atoms with Crippen molar-refractivity contribution in [3.8, 4) is 0 Å². The summed E-state index contributed by atoms with van der Waals surface area (Å²) in [5.74, 6) is -1.44. The van der Waals surface area contributed by atoms with Crippen LogP contribution in [0.3, 0.4) is 0 Å². The Morgan fingerprint density at radius 3 is 2.31 bits per heavy atom. The van der Waals surface area contributed by atoms with Crippen molar-refractivity contribution in [1.29, 1.82) is 0 Å². The van der Waals surface area contributed by atoms with E-state index in [2.05, 4.69) is 16.6 Å². The minimum absolute atomic E-state index is 0.236. The van der Waals surface area contributed by atoms with Gasteiger partial charge in [0.2, 0.25) is 13.9 Å². The van der Waals surface area contributed by atoms with Gasteiger partial charge < -0.3 is 4.74 Å². The molecule has 0 aliphatic carbocycles. The lowest BCUT2D eigenvalue weighted by Gasteiger charge is -1.98. The zero-order chi connectivity index (χ0) is 10.3. The van der Waals surface area contributed by atoms with Crippen LogP contribution in [0.15, 0.2) is 0 Å². The van der Waals surface area contributed by atoms with Gasteiger partial charge in [-0.1, -0.05) is 0 Å². The first-order valence-corrected chi connectivity index (χ1v) is 3.60. The summed E-state index contributed by atoms with van der Waals surface area (Å²) < 4.78 is 8.59. The van der Waals surface area contributed by atoms with Crippen molar-refractivity contribution in [2.45, 2.75) is 19.8 Å². The predicted octanol–water partition coefficient (Wildman–Crippen LogP) is 0.234. The van der Waals surface area contributed by atoms with E-state index in [1.54, 1.807) is 0 Å². The SMILES string of the molecule is [CH2+]OCOC(=O)CC(=O)CC(C)=O. The number of rotatable bonds is 6. The fraction of sp³-hybridized carbons (Fsp3) is 0.500. The highest BCUT2D eigenvalue weighted by Gasteiger charge is 2.12. The van der Waals surface area contributed by atoms with E-state index in [-0.39, 0.29) is 19.0 Å². The van der Waals surface area contributed by atoms with Crippen LogP contribution in [0.1, 0.15) is 19.8 Å². The van der Waals surface area contributed by atoms with Gasteiger partial charge in [-0.15, -0.1) is 0 Å². The van der Waals surface area contributed by atoms with Gasteiger partial charge in [-0.05, 0) is 6.92 Å². The third-order valence-electron chi connectivity index (χ3n) is 1.09. The van der Waals surface area contributed by atoms with E-state index in [9.17, 15) is 14.4 Å². The van der Waals surface area contributed by atoms with Gasteiger partial charge >= 0.3 is 5.97 Å². The second-order valence-electron chi connectivity index (χ2n) is 2.43. The van der Waals surface area contributed by atoms with Crippen LogP contribution in [0.2, 0.25) is 0 Å². The van der Waals surface area contributed by atoms with Crippen molar-refractivity contribution in [2.24, 2.45) is 0 Å². The molecule has 0 unspecified atom stereocenters. The number of Topliss-reactive ketones (excluding diaryl/α,β-unsaturated/α-hetero) is 2. The topological polar surface area (TPSA) is 69.7 Å². The number of carbonyl (C=O) groups excluding carboxylic acids is 3. The molecule has 0 aliphatic rings. The maximum atomic E-state index is 10.8. The lowest BCUT2D eigenvalue weighted by Crippen LogP contribution is -2.14. The molecule has 0 spiro atoms. The summed E-state index contributed by atoms with van der Waals surface area (Å²) >= 11 is 0. The third kappa shape index (κ3) is 7.02. The molecule has 0 bridgehead atoms. The van der Waals surface area contributed by atoms with Crippen LogP contribution < -0.4 is 0 Å². The van der Waals surface area contributed by atoms with Crippen LogP contribution in [0.4, 0.5) is 0 Å². The fourth-order valence-electron chi connectivity index (χ4n) is 0.660. The van der Waals surface area contributed by atoms with Crippen LogP contribution in [0.25, 0.3) is 0 Å². The lowest BCUT2D eigenvalue weighted by molar-refractivity contribution is -0.154. The largest absolute Gasteiger partial charge is 0.433 e. The van der Waals surface area contributed by atoms with E-state index in [1.165, 1.54) is 6.92 Å². The third-order valence-corrected chi connectivity index (χ3v) is 1.09. The molecule has 0 amide bonds. The van der Waals surface area contributed by atoms with Crippen molar-refractivity contribution in [1.82, 2.24) is 0 Å². The van der Waals surface area contributed by atoms with E-state index in [1.807, 2.05) is 0 Å². The molecule has 0 aliphatic heterocycles. The molecule has 0 radical (unpaired) electrons. The molecule has 0 aromatic rings. The molecule has 0 heterocycles. The van der Waals surface area contributed by atoms with Crippen molar-refractivity contribution in [2.75, 3.05) is 6.79 Å². The summed E-state index contributed by atoms with van der Waals surface area (Å²) in [5, 5.41) is 0. The highest BCUT2D eigenvalue weighted by atomic mass is 16.7. The molecule has 0 rings (SSSR count). The minimum atomic E-state index is -0.713. The van der Waals surface area contributed by atoms with Crippen molar-refractivity contribution in [3.63, 3.8) is 0 Å². The first-order valence-electron chi connectivity index (χ1n) is 3.60. The number of carbonyl (C=O) groups is 3. The van der Waals surface area contributed by atoms with Crippen molar-refractivity contribution in [3.05, 3.63) is 7.11 Å². The highest BCUT2D eigenvalue weighted by molar-refractivity contribution is 6.04. The number of esters is 1. The van der Waals surface area contributed by atoms with Crippen LogP contribution in [0.5, 0.6) is 0 Å². The first kappa shape index (κ1) is 11.6. The molecule has 13 heavy (non-hydrogen) atoms.